The van der Waals surface area contributed by atoms with E-state index in [1.807, 2.05) is 0 Å². The Balaban J connectivity index is 2.48. The molecule has 0 saturated carbocycles. The van der Waals surface area contributed by atoms with Crippen LogP contribution >= 0.6 is 0 Å². The molecule has 0 saturated heterocycles. The van der Waals surface area contributed by atoms with Crippen molar-refractivity contribution in [3.63, 3.8) is 0 Å². The summed E-state index contributed by atoms with van der Waals surface area (Å²) in [5.74, 6) is -1.07. The third-order valence-electron chi connectivity index (χ3n) is 2.29. The predicted molar refractivity (Wildman–Crippen MR) is 62.0 cm³/mol. The van der Waals surface area contributed by atoms with E-state index in [0.717, 1.165) is 11.8 Å². The monoisotopic (exact) mass is 227 g/mol. The van der Waals surface area contributed by atoms with E-state index in [1.165, 1.54) is 6.07 Å². The average molecular weight is 227 g/mol. The minimum Gasteiger partial charge on any atom is -0.477 e. The molecule has 1 aromatic carbocycles. The maximum Gasteiger partial charge on any atom is 0.354 e. The maximum atomic E-state index is 10.8. The summed E-state index contributed by atoms with van der Waals surface area (Å²) in [6, 6.07) is 11.6. The molecule has 0 amide bonds. The number of carbonyl (C=O) groups excluding carboxylic acids is 1. The standard InChI is InChI=1S/C13H9NO3/c15-8-9-3-1-4-10(7-9)11-5-2-6-12(14-11)13(16)17/h1-8H,(H,16,17). The number of rotatable bonds is 3. The van der Waals surface area contributed by atoms with Gasteiger partial charge in [-0.15, -0.1) is 0 Å². The van der Waals surface area contributed by atoms with Crippen LogP contribution in [0.3, 0.4) is 0 Å². The Morgan fingerprint density at radius 2 is 1.94 bits per heavy atom. The first-order valence-electron chi connectivity index (χ1n) is 4.96. The Kier molecular flexibility index (Phi) is 2.96. The van der Waals surface area contributed by atoms with Crippen LogP contribution < -0.4 is 0 Å². The van der Waals surface area contributed by atoms with Crippen LogP contribution in [-0.2, 0) is 0 Å². The zero-order valence-electron chi connectivity index (χ0n) is 8.83. The molecule has 0 bridgehead atoms. The van der Waals surface area contributed by atoms with Gasteiger partial charge in [-0.25, -0.2) is 9.78 Å². The smallest absolute Gasteiger partial charge is 0.354 e. The average Bonchev–Trinajstić information content (AvgIpc) is 2.39. The first-order chi connectivity index (χ1) is 8.20. The molecule has 0 atom stereocenters. The molecule has 4 nitrogen and oxygen atoms in total. The number of carboxylic acid groups (broad SMARTS) is 1. The minimum absolute atomic E-state index is 0.0148. The van der Waals surface area contributed by atoms with Gasteiger partial charge in [0, 0.05) is 11.1 Å². The van der Waals surface area contributed by atoms with Crippen molar-refractivity contribution in [1.82, 2.24) is 4.98 Å². The number of carbonyl (C=O) groups is 2. The van der Waals surface area contributed by atoms with E-state index in [9.17, 15) is 9.59 Å². The van der Waals surface area contributed by atoms with Gasteiger partial charge in [-0.3, -0.25) is 4.79 Å². The largest absolute Gasteiger partial charge is 0.477 e. The van der Waals surface area contributed by atoms with Crippen molar-refractivity contribution in [1.29, 1.82) is 0 Å². The lowest BCUT2D eigenvalue weighted by Crippen LogP contribution is -2.00. The summed E-state index contributed by atoms with van der Waals surface area (Å²) >= 11 is 0. The summed E-state index contributed by atoms with van der Waals surface area (Å²) in [7, 11) is 0. The Bertz CT molecular complexity index is 578. The Morgan fingerprint density at radius 3 is 2.65 bits per heavy atom. The minimum atomic E-state index is -1.07. The number of aldehydes is 1. The van der Waals surface area contributed by atoms with E-state index >= 15 is 0 Å². The first-order valence-corrected chi connectivity index (χ1v) is 4.96. The van der Waals surface area contributed by atoms with Gasteiger partial charge < -0.3 is 5.11 Å². The van der Waals surface area contributed by atoms with Crippen LogP contribution in [0.5, 0.6) is 0 Å². The zero-order chi connectivity index (χ0) is 12.3. The highest BCUT2D eigenvalue weighted by Gasteiger charge is 2.06. The SMILES string of the molecule is O=Cc1cccc(-c2cccc(C(=O)O)n2)c1. The van der Waals surface area contributed by atoms with E-state index in [0.29, 0.717) is 11.3 Å². The van der Waals surface area contributed by atoms with Gasteiger partial charge in [0.1, 0.15) is 12.0 Å². The van der Waals surface area contributed by atoms with Gasteiger partial charge in [-0.1, -0.05) is 24.3 Å². The van der Waals surface area contributed by atoms with Crippen molar-refractivity contribution in [2.45, 2.75) is 0 Å². The lowest BCUT2D eigenvalue weighted by molar-refractivity contribution is 0.0690. The fourth-order valence-corrected chi connectivity index (χ4v) is 1.49. The Labute approximate surface area is 97.6 Å². The second-order valence-corrected chi connectivity index (χ2v) is 3.46. The lowest BCUT2D eigenvalue weighted by Gasteiger charge is -2.02. The van der Waals surface area contributed by atoms with E-state index in [4.69, 9.17) is 5.11 Å². The number of aromatic nitrogens is 1. The highest BCUT2D eigenvalue weighted by atomic mass is 16.4. The van der Waals surface area contributed by atoms with Crippen LogP contribution in [-0.4, -0.2) is 22.3 Å². The van der Waals surface area contributed by atoms with Crippen LogP contribution in [0.2, 0.25) is 0 Å². The normalized spacial score (nSPS) is 9.88. The van der Waals surface area contributed by atoms with Gasteiger partial charge in [-0.2, -0.15) is 0 Å². The molecule has 0 aliphatic heterocycles. The van der Waals surface area contributed by atoms with Crippen molar-refractivity contribution in [3.05, 3.63) is 53.7 Å². The molecule has 17 heavy (non-hydrogen) atoms. The number of nitrogens with zero attached hydrogens (tertiary/aromatic N) is 1. The van der Waals surface area contributed by atoms with Crippen molar-refractivity contribution in [2.75, 3.05) is 0 Å². The highest BCUT2D eigenvalue weighted by Crippen LogP contribution is 2.18. The van der Waals surface area contributed by atoms with Gasteiger partial charge in [-0.05, 0) is 18.2 Å². The summed E-state index contributed by atoms with van der Waals surface area (Å²) in [5.41, 5.74) is 1.77. The van der Waals surface area contributed by atoms with Gasteiger partial charge in [0.15, 0.2) is 0 Å². The Hall–Kier alpha value is -2.49. The number of pyridine rings is 1. The molecular formula is C13H9NO3. The molecule has 4 heteroatoms. The van der Waals surface area contributed by atoms with Gasteiger partial charge in [0.2, 0.25) is 0 Å². The molecule has 0 aliphatic carbocycles. The first kappa shape index (κ1) is 11.0. The molecule has 0 spiro atoms. The van der Waals surface area contributed by atoms with E-state index in [1.54, 1.807) is 36.4 Å². The van der Waals surface area contributed by atoms with Crippen LogP contribution in [0.1, 0.15) is 20.8 Å². The predicted octanol–water partition coefficient (Wildman–Crippen LogP) is 2.26. The van der Waals surface area contributed by atoms with Crippen LogP contribution in [0.15, 0.2) is 42.5 Å². The molecule has 2 rings (SSSR count). The van der Waals surface area contributed by atoms with E-state index in [-0.39, 0.29) is 5.69 Å². The number of benzene rings is 1. The molecular weight excluding hydrogens is 218 g/mol. The van der Waals surface area contributed by atoms with E-state index < -0.39 is 5.97 Å². The topological polar surface area (TPSA) is 67.3 Å². The maximum absolute atomic E-state index is 10.8. The molecule has 0 unspecified atom stereocenters. The lowest BCUT2D eigenvalue weighted by atomic mass is 10.1. The van der Waals surface area contributed by atoms with E-state index in [2.05, 4.69) is 4.98 Å². The zero-order valence-corrected chi connectivity index (χ0v) is 8.83. The fraction of sp³-hybridized carbons (Fsp3) is 0. The van der Waals surface area contributed by atoms with Crippen LogP contribution in [0.25, 0.3) is 11.3 Å². The highest BCUT2D eigenvalue weighted by molar-refractivity contribution is 5.86. The number of aromatic carboxylic acids is 1. The number of carboxylic acids is 1. The molecule has 0 fully saturated rings. The summed E-state index contributed by atoms with van der Waals surface area (Å²) in [5, 5.41) is 8.84. The second kappa shape index (κ2) is 4.57. The fourth-order valence-electron chi connectivity index (χ4n) is 1.49. The second-order valence-electron chi connectivity index (χ2n) is 3.46. The van der Waals surface area contributed by atoms with Crippen molar-refractivity contribution in [2.24, 2.45) is 0 Å². The van der Waals surface area contributed by atoms with Gasteiger partial charge in [0.25, 0.3) is 0 Å². The number of hydrogen-bond acceptors (Lipinski definition) is 3. The van der Waals surface area contributed by atoms with Crippen molar-refractivity contribution >= 4 is 12.3 Å². The van der Waals surface area contributed by atoms with Gasteiger partial charge >= 0.3 is 5.97 Å². The summed E-state index contributed by atoms with van der Waals surface area (Å²) in [4.78, 5) is 25.4. The molecule has 0 radical (unpaired) electrons. The molecule has 84 valence electrons. The van der Waals surface area contributed by atoms with Crippen LogP contribution in [0, 0.1) is 0 Å². The molecule has 1 N–H and O–H groups in total. The summed E-state index contributed by atoms with van der Waals surface area (Å²) < 4.78 is 0. The number of hydrogen-bond donors (Lipinski definition) is 1. The third kappa shape index (κ3) is 2.36. The van der Waals surface area contributed by atoms with Crippen molar-refractivity contribution in [3.8, 4) is 11.3 Å². The third-order valence-corrected chi connectivity index (χ3v) is 2.29. The quantitative estimate of drug-likeness (QED) is 0.816. The molecule has 0 aliphatic rings. The Morgan fingerprint density at radius 1 is 1.18 bits per heavy atom. The van der Waals surface area contributed by atoms with Crippen LogP contribution in [0.4, 0.5) is 0 Å². The summed E-state index contributed by atoms with van der Waals surface area (Å²) in [6.45, 7) is 0. The summed E-state index contributed by atoms with van der Waals surface area (Å²) in [6.07, 6.45) is 0.741. The molecule has 1 heterocycles. The molecule has 2 aromatic rings. The van der Waals surface area contributed by atoms with Crippen molar-refractivity contribution < 1.29 is 14.7 Å². The van der Waals surface area contributed by atoms with Gasteiger partial charge in [0.05, 0.1) is 5.69 Å². The molecule has 1 aromatic heterocycles.